The molecule has 0 spiro atoms. The number of nitro benzene ring substituents is 1. The van der Waals surface area contributed by atoms with E-state index in [-0.39, 0.29) is 12.1 Å². The fourth-order valence-corrected chi connectivity index (χ4v) is 3.03. The largest absolute Gasteiger partial charge is 0.318 e. The molecule has 0 unspecified atom stereocenters. The van der Waals surface area contributed by atoms with Gasteiger partial charge in [0.15, 0.2) is 0 Å². The van der Waals surface area contributed by atoms with Crippen LogP contribution >= 0.6 is 0 Å². The van der Waals surface area contributed by atoms with Crippen molar-refractivity contribution < 1.29 is 9.72 Å². The molecule has 0 aliphatic heterocycles. The van der Waals surface area contributed by atoms with Gasteiger partial charge in [-0.2, -0.15) is 5.10 Å². The zero-order chi connectivity index (χ0) is 20.1. The predicted octanol–water partition coefficient (Wildman–Crippen LogP) is 3.09. The quantitative estimate of drug-likeness (QED) is 0.405. The maximum atomic E-state index is 12.1. The topological polar surface area (TPSA) is 102 Å². The molecule has 3 rings (SSSR count). The minimum absolute atomic E-state index is 0.0810. The van der Waals surface area contributed by atoms with E-state index in [0.29, 0.717) is 5.56 Å². The highest BCUT2D eigenvalue weighted by atomic mass is 16.6. The van der Waals surface area contributed by atoms with Crippen LogP contribution in [0.4, 0.5) is 5.69 Å². The minimum Gasteiger partial charge on any atom is -0.318 e. The Balaban J connectivity index is 1.70. The van der Waals surface area contributed by atoms with Gasteiger partial charge in [0.25, 0.3) is 5.69 Å². The second-order valence-corrected chi connectivity index (χ2v) is 6.22. The molecule has 2 heterocycles. The summed E-state index contributed by atoms with van der Waals surface area (Å²) in [5, 5.41) is 15.0. The molecule has 0 aliphatic rings. The summed E-state index contributed by atoms with van der Waals surface area (Å²) < 4.78 is 2.07. The van der Waals surface area contributed by atoms with Gasteiger partial charge in [0.1, 0.15) is 0 Å². The number of pyridine rings is 1. The third kappa shape index (κ3) is 4.12. The number of hydrazone groups is 1. The molecule has 8 heteroatoms. The Kier molecular flexibility index (Phi) is 5.59. The lowest BCUT2D eigenvalue weighted by Gasteiger charge is -2.08. The number of amides is 1. The van der Waals surface area contributed by atoms with Crippen LogP contribution in [0.1, 0.15) is 22.5 Å². The lowest BCUT2D eigenvalue weighted by atomic mass is 10.1. The second-order valence-electron chi connectivity index (χ2n) is 6.22. The number of carbonyl (C=O) groups excluding carboxylic acids is 1. The van der Waals surface area contributed by atoms with Crippen molar-refractivity contribution in [3.8, 4) is 5.69 Å². The number of nitro groups is 1. The average molecular weight is 377 g/mol. The van der Waals surface area contributed by atoms with Crippen molar-refractivity contribution >= 4 is 17.8 Å². The van der Waals surface area contributed by atoms with Gasteiger partial charge < -0.3 is 4.57 Å². The molecule has 0 atom stereocenters. The second kappa shape index (κ2) is 8.26. The normalized spacial score (nSPS) is 10.9. The Labute approximate surface area is 161 Å². The summed E-state index contributed by atoms with van der Waals surface area (Å²) in [6, 6.07) is 11.9. The van der Waals surface area contributed by atoms with Gasteiger partial charge in [0.2, 0.25) is 5.91 Å². The van der Waals surface area contributed by atoms with Crippen molar-refractivity contribution in [1.82, 2.24) is 15.0 Å². The number of nitrogens with one attached hydrogen (secondary N) is 1. The molecule has 0 saturated carbocycles. The average Bonchev–Trinajstić information content (AvgIpc) is 2.96. The van der Waals surface area contributed by atoms with Crippen molar-refractivity contribution in [2.75, 3.05) is 0 Å². The first kappa shape index (κ1) is 19.0. The zero-order valence-corrected chi connectivity index (χ0v) is 15.5. The van der Waals surface area contributed by atoms with E-state index in [9.17, 15) is 14.9 Å². The summed E-state index contributed by atoms with van der Waals surface area (Å²) in [5.74, 6) is -0.423. The molecular weight excluding hydrogens is 358 g/mol. The van der Waals surface area contributed by atoms with E-state index < -0.39 is 10.8 Å². The van der Waals surface area contributed by atoms with Crippen LogP contribution in [0, 0.1) is 24.0 Å². The van der Waals surface area contributed by atoms with E-state index in [1.54, 1.807) is 36.8 Å². The van der Waals surface area contributed by atoms with Crippen LogP contribution in [-0.4, -0.2) is 26.6 Å². The molecular formula is C20H19N5O3. The van der Waals surface area contributed by atoms with Gasteiger partial charge in [-0.3, -0.25) is 19.9 Å². The van der Waals surface area contributed by atoms with Crippen LogP contribution in [0.15, 0.2) is 60.0 Å². The van der Waals surface area contributed by atoms with Crippen LogP contribution in [-0.2, 0) is 11.2 Å². The lowest BCUT2D eigenvalue weighted by Crippen LogP contribution is -2.20. The molecule has 0 saturated heterocycles. The number of aryl methyl sites for hydroxylation is 1. The number of nitrogens with zero attached hydrogens (tertiary/aromatic N) is 4. The molecule has 1 amide bonds. The molecule has 0 radical (unpaired) electrons. The summed E-state index contributed by atoms with van der Waals surface area (Å²) in [6.07, 6.45) is 4.90. The van der Waals surface area contributed by atoms with Crippen molar-refractivity contribution in [1.29, 1.82) is 0 Å². The summed E-state index contributed by atoms with van der Waals surface area (Å²) >= 11 is 0. The van der Waals surface area contributed by atoms with E-state index >= 15 is 0 Å². The number of hydrogen-bond donors (Lipinski definition) is 1. The van der Waals surface area contributed by atoms with Gasteiger partial charge in [-0.25, -0.2) is 5.43 Å². The lowest BCUT2D eigenvalue weighted by molar-refractivity contribution is -0.385. The molecule has 3 aromatic rings. The highest BCUT2D eigenvalue weighted by molar-refractivity contribution is 5.85. The number of para-hydroxylation sites is 1. The Hall–Kier alpha value is -3.81. The van der Waals surface area contributed by atoms with E-state index in [1.807, 2.05) is 32.0 Å². The zero-order valence-electron chi connectivity index (χ0n) is 15.5. The van der Waals surface area contributed by atoms with Gasteiger partial charge in [0.05, 0.1) is 17.6 Å². The van der Waals surface area contributed by atoms with Gasteiger partial charge >= 0.3 is 0 Å². The van der Waals surface area contributed by atoms with E-state index in [4.69, 9.17) is 0 Å². The van der Waals surface area contributed by atoms with Crippen LogP contribution in [0.2, 0.25) is 0 Å². The molecule has 1 aromatic carbocycles. The Bertz CT molecular complexity index is 1040. The molecule has 2 aromatic heterocycles. The molecule has 8 nitrogen and oxygen atoms in total. The van der Waals surface area contributed by atoms with Crippen molar-refractivity contribution in [3.05, 3.63) is 87.5 Å². The Morgan fingerprint density at radius 1 is 1.25 bits per heavy atom. The molecule has 142 valence electrons. The molecule has 1 N–H and O–H groups in total. The summed E-state index contributed by atoms with van der Waals surface area (Å²) in [4.78, 5) is 26.7. The van der Waals surface area contributed by atoms with Gasteiger partial charge in [-0.05, 0) is 32.0 Å². The van der Waals surface area contributed by atoms with Crippen molar-refractivity contribution in [2.45, 2.75) is 20.3 Å². The standard InChI is InChI=1S/C20H19N5O3/c1-14-11-17(15(2)24(14)18-7-9-21-10-8-18)13-22-23-20(26)12-16-5-3-4-6-19(16)25(27)28/h3-11,13H,12H2,1-2H3,(H,23,26)/b22-13+. The van der Waals surface area contributed by atoms with E-state index in [1.165, 1.54) is 6.07 Å². The molecule has 0 bridgehead atoms. The fraction of sp³-hybridized carbons (Fsp3) is 0.150. The third-order valence-corrected chi connectivity index (χ3v) is 4.32. The Morgan fingerprint density at radius 3 is 2.68 bits per heavy atom. The maximum absolute atomic E-state index is 12.1. The summed E-state index contributed by atoms with van der Waals surface area (Å²) in [6.45, 7) is 3.95. The Morgan fingerprint density at radius 2 is 1.96 bits per heavy atom. The van der Waals surface area contributed by atoms with E-state index in [2.05, 4.69) is 20.1 Å². The van der Waals surface area contributed by atoms with Crippen molar-refractivity contribution in [3.63, 3.8) is 0 Å². The van der Waals surface area contributed by atoms with E-state index in [0.717, 1.165) is 22.6 Å². The maximum Gasteiger partial charge on any atom is 0.273 e. The highest BCUT2D eigenvalue weighted by Crippen LogP contribution is 2.19. The number of aromatic nitrogens is 2. The molecule has 0 aliphatic carbocycles. The monoisotopic (exact) mass is 377 g/mol. The van der Waals surface area contributed by atoms with Crippen LogP contribution in [0.3, 0.4) is 0 Å². The summed E-state index contributed by atoms with van der Waals surface area (Å²) in [7, 11) is 0. The minimum atomic E-state index is -0.500. The van der Waals surface area contributed by atoms with Gasteiger partial charge in [-0.15, -0.1) is 0 Å². The number of rotatable bonds is 6. The van der Waals surface area contributed by atoms with Crippen LogP contribution in [0.5, 0.6) is 0 Å². The van der Waals surface area contributed by atoms with Crippen LogP contribution in [0.25, 0.3) is 5.69 Å². The first-order valence-electron chi connectivity index (χ1n) is 8.61. The third-order valence-electron chi connectivity index (χ3n) is 4.32. The smallest absolute Gasteiger partial charge is 0.273 e. The molecule has 0 fully saturated rings. The predicted molar refractivity (Wildman–Crippen MR) is 106 cm³/mol. The SMILES string of the molecule is Cc1cc(/C=N/NC(=O)Cc2ccccc2[N+](=O)[O-])c(C)n1-c1ccncc1. The first-order chi connectivity index (χ1) is 13.5. The number of hydrogen-bond acceptors (Lipinski definition) is 5. The van der Waals surface area contributed by atoms with Gasteiger partial charge in [0, 0.05) is 46.7 Å². The van der Waals surface area contributed by atoms with Crippen LogP contribution < -0.4 is 5.43 Å². The van der Waals surface area contributed by atoms with Gasteiger partial charge in [-0.1, -0.05) is 18.2 Å². The number of carbonyl (C=O) groups is 1. The number of benzene rings is 1. The highest BCUT2D eigenvalue weighted by Gasteiger charge is 2.15. The fourth-order valence-electron chi connectivity index (χ4n) is 3.03. The first-order valence-corrected chi connectivity index (χ1v) is 8.61. The van der Waals surface area contributed by atoms with Crippen molar-refractivity contribution in [2.24, 2.45) is 5.10 Å². The summed E-state index contributed by atoms with van der Waals surface area (Å²) in [5.41, 5.74) is 6.54. The molecule has 28 heavy (non-hydrogen) atoms.